The van der Waals surface area contributed by atoms with E-state index in [1.165, 1.54) is 22.5 Å². The Morgan fingerprint density at radius 2 is 2.02 bits per heavy atom. The summed E-state index contributed by atoms with van der Waals surface area (Å²) >= 11 is 1.44. The predicted octanol–water partition coefficient (Wildman–Crippen LogP) is 1.56. The van der Waals surface area contributed by atoms with Gasteiger partial charge in [-0.1, -0.05) is 30.0 Å². The fourth-order valence-electron chi connectivity index (χ4n) is 4.79. The third-order valence-electron chi connectivity index (χ3n) is 6.91. The number of ether oxygens (including phenoxy) is 2. The van der Waals surface area contributed by atoms with Gasteiger partial charge in [0.2, 0.25) is 0 Å². The van der Waals surface area contributed by atoms with Crippen LogP contribution in [0.15, 0.2) is 23.4 Å². The van der Waals surface area contributed by atoms with Crippen molar-refractivity contribution in [2.24, 2.45) is 0 Å². The maximum atomic E-state index is 13.8. The number of thioether (sulfide) groups is 1. The third-order valence-corrected chi connectivity index (χ3v) is 7.96. The number of nitrogens with zero attached hydrogens (tertiary/aromatic N) is 5. The minimum Gasteiger partial charge on any atom is -0.462 e. The summed E-state index contributed by atoms with van der Waals surface area (Å²) in [5.41, 5.74) is 1.39. The van der Waals surface area contributed by atoms with E-state index in [1.807, 2.05) is 6.92 Å². The Balaban J connectivity index is 1.36. The number of aliphatic hydroxyl groups is 3. The number of aliphatic hydroxyl groups excluding tert-OH is 3. The van der Waals surface area contributed by atoms with Crippen molar-refractivity contribution >= 4 is 34.7 Å². The summed E-state index contributed by atoms with van der Waals surface area (Å²) in [6.45, 7) is 1.10. The highest BCUT2D eigenvalue weighted by Gasteiger charge is 2.45. The van der Waals surface area contributed by atoms with Crippen LogP contribution >= 0.6 is 11.8 Å². The fraction of sp³-hybridized carbons (Fsp3) is 0.560. The van der Waals surface area contributed by atoms with Crippen LogP contribution in [0, 0.1) is 11.6 Å². The van der Waals surface area contributed by atoms with Crippen molar-refractivity contribution < 1.29 is 38.4 Å². The van der Waals surface area contributed by atoms with Crippen molar-refractivity contribution in [2.75, 3.05) is 30.9 Å². The molecule has 3 aromatic rings. The number of nitrogens with one attached hydrogen (secondary N) is 1. The van der Waals surface area contributed by atoms with Gasteiger partial charge in [0.25, 0.3) is 0 Å². The Hall–Kier alpha value is -2.98. The first-order valence-corrected chi connectivity index (χ1v) is 14.0. The largest absolute Gasteiger partial charge is 0.462 e. The molecule has 0 radical (unpaired) electrons. The van der Waals surface area contributed by atoms with Gasteiger partial charge in [0.1, 0.15) is 25.4 Å². The molecule has 0 saturated heterocycles. The van der Waals surface area contributed by atoms with Crippen molar-refractivity contribution in [3.8, 4) is 0 Å². The summed E-state index contributed by atoms with van der Waals surface area (Å²) in [4.78, 5) is 21.0. The van der Waals surface area contributed by atoms with E-state index >= 15 is 0 Å². The number of hydrogen-bond acceptors (Lipinski definition) is 12. The average Bonchev–Trinajstić information content (AvgIpc) is 3.49. The first-order valence-electron chi connectivity index (χ1n) is 13.0. The fourth-order valence-corrected chi connectivity index (χ4v) is 5.48. The molecule has 5 rings (SSSR count). The average molecular weight is 581 g/mol. The molecule has 2 aromatic heterocycles. The molecule has 0 bridgehead atoms. The lowest BCUT2D eigenvalue weighted by atomic mass is 10.1. The van der Waals surface area contributed by atoms with Crippen LogP contribution in [0.4, 0.5) is 14.6 Å². The molecule has 0 aliphatic heterocycles. The minimum atomic E-state index is -1.30. The molecule has 2 aliphatic carbocycles. The van der Waals surface area contributed by atoms with Crippen LogP contribution in [0.1, 0.15) is 43.7 Å². The molecular formula is C25H30F2N6O6S. The van der Waals surface area contributed by atoms with Gasteiger partial charge < -0.3 is 30.1 Å². The van der Waals surface area contributed by atoms with Gasteiger partial charge in [0.05, 0.1) is 18.8 Å². The summed E-state index contributed by atoms with van der Waals surface area (Å²) in [5, 5.41) is 42.5. The van der Waals surface area contributed by atoms with Crippen LogP contribution in [-0.2, 0) is 14.3 Å². The van der Waals surface area contributed by atoms with Crippen molar-refractivity contribution in [3.05, 3.63) is 35.4 Å². The highest BCUT2D eigenvalue weighted by Crippen LogP contribution is 2.44. The van der Waals surface area contributed by atoms with Gasteiger partial charge in [-0.3, -0.25) is 0 Å². The number of carbonyl (C=O) groups is 1. The molecular weight excluding hydrogens is 550 g/mol. The smallest absolute Gasteiger partial charge is 0.332 e. The molecule has 0 amide bonds. The molecule has 1 aromatic carbocycles. The number of rotatable bonds is 12. The lowest BCUT2D eigenvalue weighted by molar-refractivity contribution is -0.154. The second-order valence-corrected chi connectivity index (χ2v) is 10.8. The summed E-state index contributed by atoms with van der Waals surface area (Å²) in [6.07, 6.45) is -1.75. The van der Waals surface area contributed by atoms with E-state index in [4.69, 9.17) is 14.6 Å². The summed E-state index contributed by atoms with van der Waals surface area (Å²) in [7, 11) is 0. The van der Waals surface area contributed by atoms with E-state index < -0.39 is 48.6 Å². The van der Waals surface area contributed by atoms with Crippen LogP contribution in [0.2, 0.25) is 0 Å². The molecule has 12 nitrogen and oxygen atoms in total. The minimum absolute atomic E-state index is 0.0318. The van der Waals surface area contributed by atoms with Gasteiger partial charge in [-0.05, 0) is 30.5 Å². The molecule has 0 unspecified atom stereocenters. The van der Waals surface area contributed by atoms with Gasteiger partial charge in [-0.25, -0.2) is 28.2 Å². The number of aromatic nitrogens is 5. The Bertz CT molecular complexity index is 1360. The van der Waals surface area contributed by atoms with E-state index in [0.717, 1.165) is 18.2 Å². The molecule has 4 N–H and O–H groups in total. The molecule has 2 heterocycles. The van der Waals surface area contributed by atoms with E-state index in [9.17, 15) is 23.8 Å². The molecule has 15 heteroatoms. The zero-order chi connectivity index (χ0) is 28.4. The Morgan fingerprint density at radius 3 is 2.77 bits per heavy atom. The monoisotopic (exact) mass is 580 g/mol. The number of hydrogen-bond donors (Lipinski definition) is 4. The number of carbonyl (C=O) groups excluding carboxylic acids is 1. The zero-order valence-corrected chi connectivity index (χ0v) is 22.4. The van der Waals surface area contributed by atoms with Crippen LogP contribution < -0.4 is 5.32 Å². The predicted molar refractivity (Wildman–Crippen MR) is 139 cm³/mol. The molecule has 2 saturated carbocycles. The Morgan fingerprint density at radius 1 is 1.20 bits per heavy atom. The summed E-state index contributed by atoms with van der Waals surface area (Å²) in [5.74, 6) is -1.33. The van der Waals surface area contributed by atoms with Crippen LogP contribution in [0.5, 0.6) is 0 Å². The molecule has 6 atom stereocenters. The number of esters is 1. The first-order chi connectivity index (χ1) is 19.3. The van der Waals surface area contributed by atoms with E-state index in [2.05, 4.69) is 25.6 Å². The van der Waals surface area contributed by atoms with Gasteiger partial charge in [-0.2, -0.15) is 0 Å². The maximum absolute atomic E-state index is 13.8. The van der Waals surface area contributed by atoms with Gasteiger partial charge in [-0.15, -0.1) is 5.10 Å². The maximum Gasteiger partial charge on any atom is 0.332 e. The number of anilines is 1. The standard InChI is InChI=1S/C25H30F2N6O6S/c1-2-7-40-25-29-23(28-16-9-13(16)12-3-4-14(26)15(27)8-12)20-24(30-25)33(32-31-20)17-10-18(22(37)21(17)36)39-11-19(35)38-6-5-34/h3-4,8,13,16-18,21-22,34,36-37H,2,5-7,9-11H2,1H3,(H,28,29,30)/t13-,16+,17+,18-,21-,22+/m0/s1. The highest BCUT2D eigenvalue weighted by molar-refractivity contribution is 7.99. The lowest BCUT2D eigenvalue weighted by Crippen LogP contribution is -2.34. The SMILES string of the molecule is CCCSc1nc(N[C@@H]2C[C@H]2c2ccc(F)c(F)c2)c2nnn([C@@H]3C[C@H](OCC(=O)OCCO)[C@@H](O)[C@H]3O)c2n1. The third kappa shape index (κ3) is 6.02. The van der Waals surface area contributed by atoms with Crippen molar-refractivity contribution in [1.82, 2.24) is 25.0 Å². The Kier molecular flexibility index (Phi) is 8.75. The first kappa shape index (κ1) is 28.5. The van der Waals surface area contributed by atoms with Gasteiger partial charge >= 0.3 is 5.97 Å². The van der Waals surface area contributed by atoms with E-state index in [0.29, 0.717) is 34.1 Å². The second-order valence-electron chi connectivity index (χ2n) is 9.75. The number of fused-ring (bicyclic) bond motifs is 1. The van der Waals surface area contributed by atoms with Crippen molar-refractivity contribution in [1.29, 1.82) is 0 Å². The van der Waals surface area contributed by atoms with Crippen molar-refractivity contribution in [3.63, 3.8) is 0 Å². The van der Waals surface area contributed by atoms with Gasteiger partial charge in [0, 0.05) is 24.1 Å². The molecule has 0 spiro atoms. The van der Waals surface area contributed by atoms with Crippen LogP contribution in [0.25, 0.3) is 11.2 Å². The molecule has 2 aliphatic rings. The summed E-state index contributed by atoms with van der Waals surface area (Å²) < 4.78 is 38.8. The van der Waals surface area contributed by atoms with Gasteiger partial charge in [0.15, 0.2) is 33.8 Å². The normalized spacial score (nSPS) is 25.9. The zero-order valence-electron chi connectivity index (χ0n) is 21.6. The number of halogens is 2. The van der Waals surface area contributed by atoms with E-state index in [-0.39, 0.29) is 31.6 Å². The second kappa shape index (κ2) is 12.3. The van der Waals surface area contributed by atoms with Crippen molar-refractivity contribution in [2.45, 2.75) is 67.7 Å². The molecule has 216 valence electrons. The topological polar surface area (TPSA) is 165 Å². The lowest BCUT2D eigenvalue weighted by Gasteiger charge is -2.17. The Labute approximate surface area is 232 Å². The molecule has 40 heavy (non-hydrogen) atoms. The molecule has 2 fully saturated rings. The van der Waals surface area contributed by atoms with Crippen LogP contribution in [0.3, 0.4) is 0 Å². The quantitative estimate of drug-likeness (QED) is 0.139. The summed E-state index contributed by atoms with van der Waals surface area (Å²) in [6, 6.07) is 3.05. The van der Waals surface area contributed by atoms with E-state index in [1.54, 1.807) is 6.07 Å². The highest BCUT2D eigenvalue weighted by atomic mass is 32.2. The van der Waals surface area contributed by atoms with Crippen LogP contribution in [-0.4, -0.2) is 96.2 Å². The number of benzene rings is 1.